The van der Waals surface area contributed by atoms with Crippen molar-refractivity contribution < 1.29 is 13.2 Å². The summed E-state index contributed by atoms with van der Waals surface area (Å²) in [6, 6.07) is 7.12. The van der Waals surface area contributed by atoms with E-state index in [0.717, 1.165) is 38.1 Å². The van der Waals surface area contributed by atoms with E-state index < -0.39 is 11.9 Å². The minimum absolute atomic E-state index is 0.156. The van der Waals surface area contributed by atoms with Crippen LogP contribution in [0.2, 0.25) is 0 Å². The Hall–Kier alpha value is -2.42. The molecule has 26 heavy (non-hydrogen) atoms. The molecule has 4 rings (SSSR count). The van der Waals surface area contributed by atoms with Gasteiger partial charge in [0.15, 0.2) is 0 Å². The maximum Gasteiger partial charge on any atom is 0.433 e. The zero-order valence-electron chi connectivity index (χ0n) is 14.1. The lowest BCUT2D eigenvalue weighted by Gasteiger charge is -2.48. The Morgan fingerprint density at radius 3 is 2.31 bits per heavy atom. The molecule has 0 aliphatic carbocycles. The summed E-state index contributed by atoms with van der Waals surface area (Å²) >= 11 is 0. The molecule has 0 spiro atoms. The van der Waals surface area contributed by atoms with Gasteiger partial charge < -0.3 is 9.80 Å². The maximum atomic E-state index is 12.8. The highest BCUT2D eigenvalue weighted by molar-refractivity contribution is 5.39. The van der Waals surface area contributed by atoms with E-state index in [-0.39, 0.29) is 5.95 Å². The van der Waals surface area contributed by atoms with Gasteiger partial charge in [0.1, 0.15) is 11.5 Å². The van der Waals surface area contributed by atoms with Crippen molar-refractivity contribution in [2.45, 2.75) is 12.2 Å². The van der Waals surface area contributed by atoms with E-state index in [2.05, 4.69) is 24.8 Å². The minimum atomic E-state index is -4.44. The molecule has 138 valence electrons. The lowest BCUT2D eigenvalue weighted by Crippen LogP contribution is -2.63. The van der Waals surface area contributed by atoms with Crippen LogP contribution in [0, 0.1) is 0 Å². The van der Waals surface area contributed by atoms with Crippen LogP contribution in [0.3, 0.4) is 0 Å². The number of rotatable bonds is 3. The standard InChI is InChI=1S/C17H19F3N6/c18-17(19,20)14-4-6-22-16(23-14)26-11-13(12-26)24-7-9-25(10-8-24)15-3-1-2-5-21-15/h1-6,13H,7-12H2. The number of halogens is 3. The molecule has 2 saturated heterocycles. The average Bonchev–Trinajstić information content (AvgIpc) is 2.61. The van der Waals surface area contributed by atoms with Crippen molar-refractivity contribution in [2.75, 3.05) is 49.1 Å². The minimum Gasteiger partial charge on any atom is -0.354 e. The van der Waals surface area contributed by atoms with Crippen molar-refractivity contribution in [3.63, 3.8) is 0 Å². The van der Waals surface area contributed by atoms with E-state index in [0.29, 0.717) is 19.1 Å². The predicted octanol–water partition coefficient (Wildman–Crippen LogP) is 1.90. The van der Waals surface area contributed by atoms with Gasteiger partial charge in [-0.15, -0.1) is 0 Å². The summed E-state index contributed by atoms with van der Waals surface area (Å²) in [5.41, 5.74) is -0.894. The van der Waals surface area contributed by atoms with Crippen molar-refractivity contribution in [1.82, 2.24) is 19.9 Å². The molecule has 2 aromatic rings. The number of anilines is 2. The van der Waals surface area contributed by atoms with E-state index in [1.807, 2.05) is 18.2 Å². The third kappa shape index (κ3) is 3.44. The van der Waals surface area contributed by atoms with Crippen LogP contribution in [-0.2, 0) is 6.18 Å². The van der Waals surface area contributed by atoms with Crippen LogP contribution in [0.15, 0.2) is 36.7 Å². The monoisotopic (exact) mass is 364 g/mol. The Balaban J connectivity index is 1.31. The van der Waals surface area contributed by atoms with E-state index in [4.69, 9.17) is 0 Å². The molecule has 6 nitrogen and oxygen atoms in total. The molecule has 0 aromatic carbocycles. The Morgan fingerprint density at radius 2 is 1.65 bits per heavy atom. The molecule has 0 amide bonds. The van der Waals surface area contributed by atoms with Crippen LogP contribution in [0.25, 0.3) is 0 Å². The van der Waals surface area contributed by atoms with Gasteiger partial charge >= 0.3 is 6.18 Å². The lowest BCUT2D eigenvalue weighted by molar-refractivity contribution is -0.141. The lowest BCUT2D eigenvalue weighted by atomic mass is 10.1. The third-order valence-corrected chi connectivity index (χ3v) is 4.88. The summed E-state index contributed by atoms with van der Waals surface area (Å²) in [6.07, 6.45) is -1.48. The topological polar surface area (TPSA) is 48.4 Å². The largest absolute Gasteiger partial charge is 0.433 e. The first-order valence-corrected chi connectivity index (χ1v) is 8.56. The van der Waals surface area contributed by atoms with Crippen molar-refractivity contribution >= 4 is 11.8 Å². The highest BCUT2D eigenvalue weighted by atomic mass is 19.4. The smallest absolute Gasteiger partial charge is 0.354 e. The quantitative estimate of drug-likeness (QED) is 0.829. The average molecular weight is 364 g/mol. The van der Waals surface area contributed by atoms with Crippen molar-refractivity contribution in [3.8, 4) is 0 Å². The summed E-state index contributed by atoms with van der Waals surface area (Å²) in [5.74, 6) is 1.14. The van der Waals surface area contributed by atoms with Gasteiger partial charge in [-0.05, 0) is 18.2 Å². The van der Waals surface area contributed by atoms with Gasteiger partial charge in [-0.1, -0.05) is 6.07 Å². The second-order valence-corrected chi connectivity index (χ2v) is 6.51. The number of piperazine rings is 1. The summed E-state index contributed by atoms with van der Waals surface area (Å²) < 4.78 is 38.3. The molecule has 0 N–H and O–H groups in total. The second-order valence-electron chi connectivity index (χ2n) is 6.51. The molecular weight excluding hydrogens is 345 g/mol. The van der Waals surface area contributed by atoms with E-state index in [1.165, 1.54) is 6.20 Å². The fourth-order valence-electron chi connectivity index (χ4n) is 3.37. The fourth-order valence-corrected chi connectivity index (χ4v) is 3.37. The van der Waals surface area contributed by atoms with Gasteiger partial charge in [0.25, 0.3) is 0 Å². The molecule has 0 bridgehead atoms. The molecule has 0 unspecified atom stereocenters. The molecule has 2 aliphatic heterocycles. The zero-order valence-corrected chi connectivity index (χ0v) is 14.1. The number of alkyl halides is 3. The van der Waals surface area contributed by atoms with Gasteiger partial charge in [-0.3, -0.25) is 4.90 Å². The molecule has 2 aliphatic rings. The molecule has 4 heterocycles. The van der Waals surface area contributed by atoms with Gasteiger partial charge in [-0.25, -0.2) is 15.0 Å². The Bertz CT molecular complexity index is 740. The Kier molecular flexibility index (Phi) is 4.39. The van der Waals surface area contributed by atoms with E-state index in [1.54, 1.807) is 11.1 Å². The van der Waals surface area contributed by atoms with Crippen LogP contribution >= 0.6 is 0 Å². The third-order valence-electron chi connectivity index (χ3n) is 4.88. The van der Waals surface area contributed by atoms with Crippen LogP contribution in [0.4, 0.5) is 24.9 Å². The number of nitrogens with zero attached hydrogens (tertiary/aromatic N) is 6. The van der Waals surface area contributed by atoms with Crippen LogP contribution in [-0.4, -0.2) is 65.2 Å². The SMILES string of the molecule is FC(F)(F)c1ccnc(N2CC(N3CCN(c4ccccn4)CC3)C2)n1. The van der Waals surface area contributed by atoms with Crippen LogP contribution in [0.1, 0.15) is 5.69 Å². The normalized spacial score (nSPS) is 19.5. The van der Waals surface area contributed by atoms with Crippen LogP contribution < -0.4 is 9.80 Å². The molecule has 2 aromatic heterocycles. The number of hydrogen-bond donors (Lipinski definition) is 0. The van der Waals surface area contributed by atoms with Crippen molar-refractivity contribution in [3.05, 3.63) is 42.4 Å². The Morgan fingerprint density at radius 1 is 0.885 bits per heavy atom. The fraction of sp³-hybridized carbons (Fsp3) is 0.471. The molecule has 0 saturated carbocycles. The highest BCUT2D eigenvalue weighted by Gasteiger charge is 2.37. The van der Waals surface area contributed by atoms with Gasteiger partial charge in [0.05, 0.1) is 0 Å². The van der Waals surface area contributed by atoms with E-state index in [9.17, 15) is 13.2 Å². The van der Waals surface area contributed by atoms with Crippen molar-refractivity contribution in [2.24, 2.45) is 0 Å². The molecule has 0 radical (unpaired) electrons. The number of hydrogen-bond acceptors (Lipinski definition) is 6. The Labute approximate surface area is 149 Å². The first-order chi connectivity index (χ1) is 12.5. The van der Waals surface area contributed by atoms with Gasteiger partial charge in [0, 0.05) is 57.7 Å². The molecule has 2 fully saturated rings. The predicted molar refractivity (Wildman–Crippen MR) is 91.1 cm³/mol. The first-order valence-electron chi connectivity index (χ1n) is 8.56. The molecule has 0 atom stereocenters. The number of pyridine rings is 1. The summed E-state index contributed by atoms with van der Waals surface area (Å²) in [4.78, 5) is 18.4. The highest BCUT2D eigenvalue weighted by Crippen LogP contribution is 2.29. The summed E-state index contributed by atoms with van der Waals surface area (Å²) in [5, 5.41) is 0. The zero-order chi connectivity index (χ0) is 18.1. The van der Waals surface area contributed by atoms with Gasteiger partial charge in [0.2, 0.25) is 5.95 Å². The van der Waals surface area contributed by atoms with Crippen LogP contribution in [0.5, 0.6) is 0 Å². The summed E-state index contributed by atoms with van der Waals surface area (Å²) in [6.45, 7) is 4.94. The number of aromatic nitrogens is 3. The van der Waals surface area contributed by atoms with Gasteiger partial charge in [-0.2, -0.15) is 13.2 Å². The second kappa shape index (κ2) is 6.71. The van der Waals surface area contributed by atoms with Crippen molar-refractivity contribution in [1.29, 1.82) is 0 Å². The first kappa shape index (κ1) is 17.0. The summed E-state index contributed by atoms with van der Waals surface area (Å²) in [7, 11) is 0. The molecular formula is C17H19F3N6. The van der Waals surface area contributed by atoms with E-state index >= 15 is 0 Å². The molecule has 9 heteroatoms. The maximum absolute atomic E-state index is 12.8.